The van der Waals surface area contributed by atoms with Crippen LogP contribution in [0.3, 0.4) is 0 Å². The van der Waals surface area contributed by atoms with Gasteiger partial charge in [-0.1, -0.05) is 29.3 Å². The number of pyridine rings is 2. The van der Waals surface area contributed by atoms with E-state index in [0.717, 1.165) is 18.7 Å². The van der Waals surface area contributed by atoms with E-state index in [1.807, 2.05) is 0 Å². The molecular weight excluding hydrogens is 637 g/mol. The van der Waals surface area contributed by atoms with Crippen LogP contribution in [0.15, 0.2) is 24.3 Å². The zero-order valence-corrected chi connectivity index (χ0v) is 26.3. The number of ether oxygens (including phenoxy) is 3. The summed E-state index contributed by atoms with van der Waals surface area (Å²) in [5.41, 5.74) is 0.482. The number of anilines is 2. The minimum Gasteiger partial charge on any atom is -0.469 e. The summed E-state index contributed by atoms with van der Waals surface area (Å²) in [4.78, 5) is 64.0. The number of carbonyl (C=O) groups is 4. The number of methoxy groups -OCH3 is 3. The van der Waals surface area contributed by atoms with Crippen molar-refractivity contribution in [1.82, 2.24) is 9.97 Å². The van der Waals surface area contributed by atoms with E-state index in [9.17, 15) is 29.3 Å². The normalized spacial score (nSPS) is 13.6. The molecular formula is C24H31Cl2N5O9S2. The molecule has 0 saturated carbocycles. The average Bonchev–Trinajstić information content (AvgIpc) is 2.93. The number of halogens is 2. The minimum atomic E-state index is -1.01. The summed E-state index contributed by atoms with van der Waals surface area (Å²) in [6.45, 7) is 0. The van der Waals surface area contributed by atoms with Gasteiger partial charge in [-0.3, -0.25) is 24.5 Å². The molecule has 0 aromatic carbocycles. The van der Waals surface area contributed by atoms with Crippen molar-refractivity contribution < 1.29 is 38.3 Å². The van der Waals surface area contributed by atoms with E-state index < -0.39 is 28.9 Å². The Bertz CT molecular complexity index is 1270. The Morgan fingerprint density at radius 2 is 1.62 bits per heavy atom. The van der Waals surface area contributed by atoms with Crippen molar-refractivity contribution in [3.05, 3.63) is 50.2 Å². The number of fused-ring (bicyclic) bond motifs is 1. The Hall–Kier alpha value is -3.34. The average molecular weight is 669 g/mol. The summed E-state index contributed by atoms with van der Waals surface area (Å²) < 4.78 is 13.6. The van der Waals surface area contributed by atoms with Gasteiger partial charge < -0.3 is 24.8 Å². The number of nitro groups is 1. The highest BCUT2D eigenvalue weighted by Crippen LogP contribution is 2.26. The van der Waals surface area contributed by atoms with Crippen LogP contribution in [0.1, 0.15) is 31.2 Å². The maximum absolute atomic E-state index is 11.9. The van der Waals surface area contributed by atoms with Gasteiger partial charge in [0.1, 0.15) is 22.2 Å². The monoisotopic (exact) mass is 667 g/mol. The number of carbonyl (C=O) groups excluding carboxylic acids is 4. The van der Waals surface area contributed by atoms with Gasteiger partial charge in [0.25, 0.3) is 0 Å². The third-order valence-electron chi connectivity index (χ3n) is 5.57. The second-order valence-corrected chi connectivity index (χ2v) is 8.96. The highest BCUT2D eigenvalue weighted by atomic mass is 35.5. The van der Waals surface area contributed by atoms with Crippen LogP contribution in [0.2, 0.25) is 10.3 Å². The van der Waals surface area contributed by atoms with Crippen LogP contribution >= 0.6 is 50.2 Å². The molecule has 18 heteroatoms. The van der Waals surface area contributed by atoms with Crippen molar-refractivity contribution in [3.8, 4) is 0 Å². The van der Waals surface area contributed by atoms with Crippen LogP contribution in [0, 0.1) is 10.1 Å². The summed E-state index contributed by atoms with van der Waals surface area (Å²) in [6, 6.07) is 4.45. The lowest BCUT2D eigenvalue weighted by Gasteiger charge is -2.24. The van der Waals surface area contributed by atoms with E-state index in [4.69, 9.17) is 23.2 Å². The van der Waals surface area contributed by atoms with Crippen molar-refractivity contribution in [2.45, 2.75) is 44.2 Å². The maximum atomic E-state index is 11.9. The molecule has 0 fully saturated rings. The molecule has 2 atom stereocenters. The lowest BCUT2D eigenvalue weighted by molar-refractivity contribution is -0.384. The minimum absolute atomic E-state index is 0. The van der Waals surface area contributed by atoms with Gasteiger partial charge in [0.05, 0.1) is 32.3 Å². The number of Topliss-reactive ketones (excluding diaryl/α,β-unsaturated/α-hetero) is 1. The van der Waals surface area contributed by atoms with E-state index in [1.165, 1.54) is 20.3 Å². The van der Waals surface area contributed by atoms with Crippen LogP contribution in [-0.2, 0) is 39.8 Å². The molecule has 2 aromatic heterocycles. The van der Waals surface area contributed by atoms with Crippen molar-refractivity contribution >= 4 is 91.2 Å². The molecule has 2 N–H and O–H groups in total. The number of hydrogen-bond donors (Lipinski definition) is 2. The van der Waals surface area contributed by atoms with Crippen LogP contribution < -0.4 is 10.6 Å². The van der Waals surface area contributed by atoms with Gasteiger partial charge in [0.2, 0.25) is 5.82 Å². The van der Waals surface area contributed by atoms with E-state index in [1.54, 1.807) is 12.1 Å². The van der Waals surface area contributed by atoms with E-state index in [-0.39, 0.29) is 74.7 Å². The second kappa shape index (κ2) is 19.0. The van der Waals surface area contributed by atoms with Gasteiger partial charge in [-0.25, -0.2) is 14.8 Å². The molecule has 2 aromatic rings. The van der Waals surface area contributed by atoms with Crippen LogP contribution in [-0.4, -0.2) is 72.0 Å². The van der Waals surface area contributed by atoms with Crippen molar-refractivity contribution in [3.63, 3.8) is 0 Å². The zero-order chi connectivity index (χ0) is 29.8. The largest absolute Gasteiger partial charge is 0.469 e. The lowest BCUT2D eigenvalue weighted by atomic mass is 9.96. The molecule has 0 spiro atoms. The van der Waals surface area contributed by atoms with Gasteiger partial charge in [-0.15, -0.1) is 0 Å². The lowest BCUT2D eigenvalue weighted by Crippen LogP contribution is -2.36. The number of esters is 3. The molecule has 0 amide bonds. The Morgan fingerprint density at radius 1 is 1.02 bits per heavy atom. The molecule has 3 heterocycles. The SMILES string of the molecule is COC(=O)CC[C@@H]1Nc2nc(Cl)ccc2CC1=O.COC(=O)CC[C@H](Nc1nc(Cl)ccc1[N+](=O)[O-])C(=O)OC.S.S. The number of hydrogen-bond acceptors (Lipinski definition) is 13. The quantitative estimate of drug-likeness (QED) is 0.123. The third kappa shape index (κ3) is 11.9. The molecule has 0 saturated heterocycles. The first-order valence-corrected chi connectivity index (χ1v) is 12.5. The van der Waals surface area contributed by atoms with Crippen molar-refractivity contribution in [2.24, 2.45) is 0 Å². The predicted molar refractivity (Wildman–Crippen MR) is 164 cm³/mol. The third-order valence-corrected chi connectivity index (χ3v) is 5.99. The molecule has 14 nitrogen and oxygen atoms in total. The first-order valence-electron chi connectivity index (χ1n) is 11.7. The standard InChI is InChI=1S/C12H14ClN3O6.C12H13ClN2O3.2H2S/c1-21-10(17)6-3-7(12(18)22-2)14-11-8(16(19)20)4-5-9(13)15-11;1-18-11(17)5-3-8-9(16)6-7-2-4-10(13)15-12(7)14-8;;/h4-5,7H,3,6H2,1-2H3,(H,14,15);2,4,8H,3,5-6H2,1H3,(H,14,15);2*1H2/t7-;8-;;/m00../s1. The fourth-order valence-corrected chi connectivity index (χ4v) is 3.78. The van der Waals surface area contributed by atoms with Crippen LogP contribution in [0.5, 0.6) is 0 Å². The van der Waals surface area contributed by atoms with E-state index in [2.05, 4.69) is 34.8 Å². The van der Waals surface area contributed by atoms with Gasteiger partial charge in [0.15, 0.2) is 5.78 Å². The Labute approximate surface area is 265 Å². The maximum Gasteiger partial charge on any atom is 0.328 e. The van der Waals surface area contributed by atoms with Crippen molar-refractivity contribution in [1.29, 1.82) is 0 Å². The van der Waals surface area contributed by atoms with Gasteiger partial charge >= 0.3 is 23.6 Å². The van der Waals surface area contributed by atoms with Crippen LogP contribution in [0.4, 0.5) is 17.3 Å². The van der Waals surface area contributed by atoms with Crippen LogP contribution in [0.25, 0.3) is 0 Å². The molecule has 1 aliphatic heterocycles. The molecule has 0 bridgehead atoms. The van der Waals surface area contributed by atoms with Crippen molar-refractivity contribution in [2.75, 3.05) is 32.0 Å². The Balaban J connectivity index is 0.000000776. The zero-order valence-electron chi connectivity index (χ0n) is 22.8. The predicted octanol–water partition coefficient (Wildman–Crippen LogP) is 3.37. The molecule has 1 aliphatic rings. The fraction of sp³-hybridized carbons (Fsp3) is 0.417. The van der Waals surface area contributed by atoms with Gasteiger partial charge in [-0.05, 0) is 25.0 Å². The molecule has 3 rings (SSSR count). The van der Waals surface area contributed by atoms with Gasteiger partial charge in [-0.2, -0.15) is 27.0 Å². The highest BCUT2D eigenvalue weighted by molar-refractivity contribution is 7.59. The topological polar surface area (TPSA) is 189 Å². The fourth-order valence-electron chi connectivity index (χ4n) is 3.49. The molecule has 0 unspecified atom stereocenters. The molecule has 232 valence electrons. The molecule has 42 heavy (non-hydrogen) atoms. The summed E-state index contributed by atoms with van der Waals surface area (Å²) in [5, 5.41) is 16.9. The first kappa shape index (κ1) is 38.7. The number of nitrogens with one attached hydrogen (secondary N) is 2. The highest BCUT2D eigenvalue weighted by Gasteiger charge is 2.27. The van der Waals surface area contributed by atoms with E-state index >= 15 is 0 Å². The first-order chi connectivity index (χ1) is 19.0. The smallest absolute Gasteiger partial charge is 0.328 e. The summed E-state index contributed by atoms with van der Waals surface area (Å²) in [7, 11) is 3.70. The second-order valence-electron chi connectivity index (χ2n) is 8.19. The number of ketones is 1. The molecule has 0 radical (unpaired) electrons. The number of aromatic nitrogens is 2. The summed E-state index contributed by atoms with van der Waals surface area (Å²) >= 11 is 11.5. The Morgan fingerprint density at radius 3 is 2.21 bits per heavy atom. The summed E-state index contributed by atoms with van der Waals surface area (Å²) in [5.74, 6) is -1.05. The number of nitrogens with zero attached hydrogens (tertiary/aromatic N) is 3. The van der Waals surface area contributed by atoms with E-state index in [0.29, 0.717) is 23.8 Å². The summed E-state index contributed by atoms with van der Waals surface area (Å²) in [6.07, 6.45) is 0.871. The van der Waals surface area contributed by atoms with Gasteiger partial charge in [0, 0.05) is 30.9 Å². The Kier molecular flexibility index (Phi) is 17.5. The molecule has 0 aliphatic carbocycles. The number of rotatable bonds is 10.